The van der Waals surface area contributed by atoms with Gasteiger partial charge in [-0.3, -0.25) is 4.79 Å². The van der Waals surface area contributed by atoms with Crippen molar-refractivity contribution in [3.8, 4) is 6.07 Å². The fraction of sp³-hybridized carbons (Fsp3) is 0.611. The highest BCUT2D eigenvalue weighted by Crippen LogP contribution is 2.35. The molecule has 0 atom stereocenters. The fourth-order valence-electron chi connectivity index (χ4n) is 3.50. The highest BCUT2D eigenvalue weighted by atomic mass is 16.5. The van der Waals surface area contributed by atoms with Crippen molar-refractivity contribution in [1.29, 1.82) is 5.26 Å². The Morgan fingerprint density at radius 1 is 1.25 bits per heavy atom. The van der Waals surface area contributed by atoms with Gasteiger partial charge >= 0.3 is 0 Å². The van der Waals surface area contributed by atoms with Crippen molar-refractivity contribution < 1.29 is 9.53 Å². The highest BCUT2D eigenvalue weighted by molar-refractivity contribution is 5.73. The van der Waals surface area contributed by atoms with E-state index in [-0.39, 0.29) is 11.5 Å². The number of aryl methyl sites for hydroxylation is 1. The minimum absolute atomic E-state index is 0.101. The number of anilines is 1. The Morgan fingerprint density at radius 2 is 1.92 bits per heavy atom. The summed E-state index contributed by atoms with van der Waals surface area (Å²) in [6.07, 6.45) is 0.717. The molecule has 6 heteroatoms. The summed E-state index contributed by atoms with van der Waals surface area (Å²) >= 11 is 0. The Morgan fingerprint density at radius 3 is 2.50 bits per heavy atom. The summed E-state index contributed by atoms with van der Waals surface area (Å²) in [6, 6.07) is 2.38. The molecule has 2 aliphatic rings. The van der Waals surface area contributed by atoms with E-state index in [9.17, 15) is 10.1 Å². The lowest BCUT2D eigenvalue weighted by atomic mass is 9.88. The number of ether oxygens (including phenoxy) is 1. The zero-order valence-corrected chi connectivity index (χ0v) is 14.8. The van der Waals surface area contributed by atoms with Crippen LogP contribution in [0.1, 0.15) is 43.2 Å². The first-order valence-electron chi connectivity index (χ1n) is 8.39. The number of amides is 1. The lowest BCUT2D eigenvalue weighted by Gasteiger charge is -2.37. The van der Waals surface area contributed by atoms with E-state index < -0.39 is 0 Å². The number of fused-ring (bicyclic) bond motifs is 1. The van der Waals surface area contributed by atoms with Crippen molar-refractivity contribution in [3.05, 3.63) is 22.4 Å². The average molecular weight is 328 g/mol. The van der Waals surface area contributed by atoms with Crippen LogP contribution in [-0.4, -0.2) is 47.6 Å². The third kappa shape index (κ3) is 2.96. The Labute approximate surface area is 143 Å². The summed E-state index contributed by atoms with van der Waals surface area (Å²) in [6.45, 7) is 11.0. The molecule has 128 valence electrons. The van der Waals surface area contributed by atoms with Crippen LogP contribution in [0.4, 0.5) is 5.82 Å². The molecule has 0 radical (unpaired) electrons. The van der Waals surface area contributed by atoms with Crippen molar-refractivity contribution in [2.45, 2.75) is 46.3 Å². The van der Waals surface area contributed by atoms with E-state index >= 15 is 0 Å². The summed E-state index contributed by atoms with van der Waals surface area (Å²) < 4.78 is 5.89. The van der Waals surface area contributed by atoms with Crippen molar-refractivity contribution >= 4 is 11.7 Å². The van der Waals surface area contributed by atoms with Gasteiger partial charge in [-0.1, -0.05) is 0 Å². The van der Waals surface area contributed by atoms with Gasteiger partial charge in [-0.2, -0.15) is 5.26 Å². The molecule has 1 fully saturated rings. The quantitative estimate of drug-likeness (QED) is 0.786. The average Bonchev–Trinajstić information content (AvgIpc) is 2.53. The van der Waals surface area contributed by atoms with Gasteiger partial charge in [0.2, 0.25) is 5.91 Å². The lowest BCUT2D eigenvalue weighted by molar-refractivity contribution is -0.129. The Hall–Kier alpha value is -2.13. The molecule has 0 aromatic carbocycles. The number of nitrogens with zero attached hydrogens (tertiary/aromatic N) is 4. The van der Waals surface area contributed by atoms with Crippen molar-refractivity contribution in [1.82, 2.24) is 9.88 Å². The molecular formula is C18H24N4O2. The molecule has 1 saturated heterocycles. The first-order valence-corrected chi connectivity index (χ1v) is 8.39. The van der Waals surface area contributed by atoms with Crippen LogP contribution in [0.2, 0.25) is 0 Å². The molecule has 0 spiro atoms. The molecule has 1 amide bonds. The molecule has 6 nitrogen and oxygen atoms in total. The van der Waals surface area contributed by atoms with Crippen molar-refractivity contribution in [3.63, 3.8) is 0 Å². The van der Waals surface area contributed by atoms with Gasteiger partial charge in [-0.15, -0.1) is 0 Å². The Kier molecular flexibility index (Phi) is 4.22. The zero-order valence-electron chi connectivity index (χ0n) is 14.8. The standard InChI is InChI=1S/C18H24N4O2/c1-12-16-11-24-18(3,4)9-14(16)15(10-19)17(20-12)22-7-5-21(6-8-22)13(2)23/h5-9,11H2,1-4H3. The van der Waals surface area contributed by atoms with E-state index in [0.29, 0.717) is 38.3 Å². The molecule has 24 heavy (non-hydrogen) atoms. The molecule has 0 unspecified atom stereocenters. The molecule has 0 N–H and O–H groups in total. The maximum Gasteiger partial charge on any atom is 0.219 e. The van der Waals surface area contributed by atoms with Gasteiger partial charge in [0.1, 0.15) is 11.9 Å². The summed E-state index contributed by atoms with van der Waals surface area (Å²) in [5, 5.41) is 9.78. The second-order valence-electron chi connectivity index (χ2n) is 7.18. The lowest BCUT2D eigenvalue weighted by Crippen LogP contribution is -2.48. The second kappa shape index (κ2) is 6.06. The molecule has 2 aliphatic heterocycles. The smallest absolute Gasteiger partial charge is 0.219 e. The minimum atomic E-state index is -0.267. The van der Waals surface area contributed by atoms with Gasteiger partial charge in [0, 0.05) is 50.8 Å². The van der Waals surface area contributed by atoms with Gasteiger partial charge < -0.3 is 14.5 Å². The number of piperazine rings is 1. The summed E-state index contributed by atoms with van der Waals surface area (Å²) in [5.41, 5.74) is 3.46. The topological polar surface area (TPSA) is 69.5 Å². The van der Waals surface area contributed by atoms with E-state index in [1.165, 1.54) is 0 Å². The monoisotopic (exact) mass is 328 g/mol. The van der Waals surface area contributed by atoms with E-state index in [2.05, 4.69) is 24.8 Å². The predicted octanol–water partition coefficient (Wildman–Crippen LogP) is 1.78. The van der Waals surface area contributed by atoms with Gasteiger partial charge in [0.25, 0.3) is 0 Å². The first-order chi connectivity index (χ1) is 11.3. The number of hydrogen-bond donors (Lipinski definition) is 0. The molecule has 3 heterocycles. The maximum absolute atomic E-state index is 11.5. The van der Waals surface area contributed by atoms with Crippen molar-refractivity contribution in [2.75, 3.05) is 31.1 Å². The van der Waals surface area contributed by atoms with E-state index in [0.717, 1.165) is 29.1 Å². The van der Waals surface area contributed by atoms with Crippen LogP contribution in [0, 0.1) is 18.3 Å². The van der Waals surface area contributed by atoms with Crippen LogP contribution < -0.4 is 4.90 Å². The third-order valence-electron chi connectivity index (χ3n) is 4.95. The van der Waals surface area contributed by atoms with Crippen LogP contribution in [0.15, 0.2) is 0 Å². The minimum Gasteiger partial charge on any atom is -0.370 e. The van der Waals surface area contributed by atoms with E-state index in [4.69, 9.17) is 9.72 Å². The number of carbonyl (C=O) groups excluding carboxylic acids is 1. The van der Waals surface area contributed by atoms with Crippen LogP contribution >= 0.6 is 0 Å². The Balaban J connectivity index is 1.97. The van der Waals surface area contributed by atoms with E-state index in [1.807, 2.05) is 11.8 Å². The number of rotatable bonds is 1. The molecule has 0 saturated carbocycles. The Bertz CT molecular complexity index is 713. The zero-order chi connectivity index (χ0) is 17.5. The van der Waals surface area contributed by atoms with Crippen LogP contribution in [-0.2, 0) is 22.6 Å². The summed E-state index contributed by atoms with van der Waals surface area (Å²) in [4.78, 5) is 20.2. The third-order valence-corrected chi connectivity index (χ3v) is 4.95. The predicted molar refractivity (Wildman–Crippen MR) is 90.7 cm³/mol. The maximum atomic E-state index is 11.5. The largest absolute Gasteiger partial charge is 0.370 e. The van der Waals surface area contributed by atoms with Gasteiger partial charge in [0.05, 0.1) is 17.8 Å². The molecule has 1 aromatic rings. The first kappa shape index (κ1) is 16.7. The summed E-state index contributed by atoms with van der Waals surface area (Å²) in [5.74, 6) is 0.860. The number of pyridine rings is 1. The number of aromatic nitrogens is 1. The number of nitriles is 1. The van der Waals surface area contributed by atoms with Gasteiger partial charge in [-0.05, 0) is 26.3 Å². The van der Waals surface area contributed by atoms with Crippen LogP contribution in [0.25, 0.3) is 0 Å². The molecule has 0 aliphatic carbocycles. The van der Waals surface area contributed by atoms with Crippen LogP contribution in [0.3, 0.4) is 0 Å². The molecule has 1 aromatic heterocycles. The van der Waals surface area contributed by atoms with E-state index in [1.54, 1.807) is 6.92 Å². The summed E-state index contributed by atoms with van der Waals surface area (Å²) in [7, 11) is 0. The van der Waals surface area contributed by atoms with Gasteiger partial charge in [0.15, 0.2) is 0 Å². The molecular weight excluding hydrogens is 304 g/mol. The fourth-order valence-corrected chi connectivity index (χ4v) is 3.50. The normalized spacial score (nSPS) is 19.6. The highest BCUT2D eigenvalue weighted by Gasteiger charge is 2.32. The SMILES string of the molecule is CC(=O)N1CCN(c2nc(C)c3c(c2C#N)CC(C)(C)OC3)CC1. The van der Waals surface area contributed by atoms with Crippen molar-refractivity contribution in [2.24, 2.45) is 0 Å². The number of carbonyl (C=O) groups is 1. The van der Waals surface area contributed by atoms with Crippen LogP contribution in [0.5, 0.6) is 0 Å². The number of hydrogen-bond acceptors (Lipinski definition) is 5. The second-order valence-corrected chi connectivity index (χ2v) is 7.18. The van der Waals surface area contributed by atoms with Gasteiger partial charge in [-0.25, -0.2) is 4.98 Å². The molecule has 3 rings (SSSR count). The molecule has 0 bridgehead atoms.